The van der Waals surface area contributed by atoms with E-state index in [9.17, 15) is 10.1 Å². The fourth-order valence-corrected chi connectivity index (χ4v) is 5.02. The van der Waals surface area contributed by atoms with Gasteiger partial charge in [0.15, 0.2) is 0 Å². The van der Waals surface area contributed by atoms with Gasteiger partial charge in [-0.05, 0) is 88.5 Å². The van der Waals surface area contributed by atoms with Crippen LogP contribution in [0.2, 0.25) is 0 Å². The third-order valence-electron chi connectivity index (χ3n) is 7.44. The molecule has 0 saturated carbocycles. The summed E-state index contributed by atoms with van der Waals surface area (Å²) in [6.07, 6.45) is 5.03. The minimum atomic E-state index is -0.261. The van der Waals surface area contributed by atoms with Crippen LogP contribution in [0.4, 0.5) is 0 Å². The number of nitrogens with zero attached hydrogens (tertiary/aromatic N) is 5. The van der Waals surface area contributed by atoms with Crippen molar-refractivity contribution in [2.45, 2.75) is 53.5 Å². The first-order chi connectivity index (χ1) is 18.3. The zero-order valence-electron chi connectivity index (χ0n) is 23.3. The highest BCUT2D eigenvalue weighted by molar-refractivity contribution is 5.99. The molecule has 7 heteroatoms. The molecular weight excluding hydrogens is 474 g/mol. The Morgan fingerprint density at radius 1 is 1.11 bits per heavy atom. The average molecular weight is 512 g/mol. The maximum absolute atomic E-state index is 14.0. The lowest BCUT2D eigenvalue weighted by atomic mass is 9.86. The van der Waals surface area contributed by atoms with E-state index in [1.807, 2.05) is 31.9 Å². The third kappa shape index (κ3) is 5.56. The van der Waals surface area contributed by atoms with Gasteiger partial charge in [0.2, 0.25) is 0 Å². The van der Waals surface area contributed by atoms with Crippen molar-refractivity contribution in [2.75, 3.05) is 33.3 Å². The van der Waals surface area contributed by atoms with Gasteiger partial charge < -0.3 is 14.5 Å². The average Bonchev–Trinajstić information content (AvgIpc) is 2.92. The molecule has 0 radical (unpaired) electrons. The van der Waals surface area contributed by atoms with Crippen LogP contribution in [0, 0.1) is 25.2 Å². The molecule has 2 aromatic heterocycles. The van der Waals surface area contributed by atoms with Crippen LogP contribution in [0.25, 0.3) is 11.1 Å². The van der Waals surface area contributed by atoms with E-state index in [4.69, 9.17) is 4.74 Å². The Kier molecular flexibility index (Phi) is 8.43. The maximum atomic E-state index is 14.0. The summed E-state index contributed by atoms with van der Waals surface area (Å²) in [4.78, 5) is 27.3. The zero-order chi connectivity index (χ0) is 27.4. The van der Waals surface area contributed by atoms with E-state index in [-0.39, 0.29) is 11.9 Å². The molecule has 0 fully saturated rings. The molecule has 0 unspecified atom stereocenters. The van der Waals surface area contributed by atoms with Crippen LogP contribution >= 0.6 is 0 Å². The number of hydrogen-bond acceptors (Lipinski definition) is 6. The lowest BCUT2D eigenvalue weighted by Crippen LogP contribution is -2.40. The molecule has 0 aliphatic carbocycles. The van der Waals surface area contributed by atoms with Gasteiger partial charge in [-0.15, -0.1) is 0 Å². The highest BCUT2D eigenvalue weighted by atomic mass is 16.5. The van der Waals surface area contributed by atoms with Crippen molar-refractivity contribution in [3.8, 4) is 22.9 Å². The first-order valence-corrected chi connectivity index (χ1v) is 13.4. The Morgan fingerprint density at radius 3 is 2.58 bits per heavy atom. The topological polar surface area (TPSA) is 82.3 Å². The molecule has 0 saturated heterocycles. The fourth-order valence-electron chi connectivity index (χ4n) is 5.02. The Balaban J connectivity index is 1.75. The third-order valence-corrected chi connectivity index (χ3v) is 7.44. The summed E-state index contributed by atoms with van der Waals surface area (Å²) in [5.41, 5.74) is 8.38. The molecule has 198 valence electrons. The number of rotatable bonds is 9. The molecule has 0 N–H and O–H groups in total. The molecule has 38 heavy (non-hydrogen) atoms. The minimum Gasteiger partial charge on any atom is -0.492 e. The quantitative estimate of drug-likeness (QED) is 0.389. The zero-order valence-corrected chi connectivity index (χ0v) is 23.3. The first-order valence-electron chi connectivity index (χ1n) is 13.4. The molecule has 1 aromatic carbocycles. The van der Waals surface area contributed by atoms with Crippen molar-refractivity contribution >= 4 is 5.91 Å². The summed E-state index contributed by atoms with van der Waals surface area (Å²) in [6, 6.07) is 10.2. The van der Waals surface area contributed by atoms with Gasteiger partial charge in [-0.2, -0.15) is 5.26 Å². The predicted octanol–water partition coefficient (Wildman–Crippen LogP) is 5.28. The number of ether oxygens (including phenoxy) is 1. The second kappa shape index (κ2) is 11.7. The number of aromatic nitrogens is 2. The van der Waals surface area contributed by atoms with E-state index in [0.717, 1.165) is 65.0 Å². The van der Waals surface area contributed by atoms with Crippen molar-refractivity contribution in [3.05, 3.63) is 75.9 Å². The van der Waals surface area contributed by atoms with Gasteiger partial charge in [0.05, 0.1) is 18.3 Å². The fraction of sp³-hybridized carbons (Fsp3) is 0.419. The summed E-state index contributed by atoms with van der Waals surface area (Å²) in [5.74, 6) is 0.511. The highest BCUT2D eigenvalue weighted by Gasteiger charge is 2.32. The highest BCUT2D eigenvalue weighted by Crippen LogP contribution is 2.36. The molecule has 0 spiro atoms. The van der Waals surface area contributed by atoms with E-state index in [2.05, 4.69) is 60.0 Å². The summed E-state index contributed by atoms with van der Waals surface area (Å²) >= 11 is 0. The molecule has 1 aliphatic heterocycles. The Labute approximate surface area is 226 Å². The van der Waals surface area contributed by atoms with Crippen LogP contribution in [0.5, 0.6) is 5.75 Å². The van der Waals surface area contributed by atoms with Crippen LogP contribution in [-0.2, 0) is 12.8 Å². The molecular formula is C31H37N5O2. The molecule has 3 aromatic rings. The number of carbonyl (C=O) groups excluding carboxylic acids is 1. The summed E-state index contributed by atoms with van der Waals surface area (Å²) in [5, 5.41) is 9.41. The lowest BCUT2D eigenvalue weighted by molar-refractivity contribution is 0.0669. The van der Waals surface area contributed by atoms with Gasteiger partial charge in [0.1, 0.15) is 17.4 Å². The van der Waals surface area contributed by atoms with E-state index >= 15 is 0 Å². The van der Waals surface area contributed by atoms with Crippen LogP contribution in [0.1, 0.15) is 70.8 Å². The van der Waals surface area contributed by atoms with Gasteiger partial charge in [0.25, 0.3) is 5.91 Å². The molecule has 1 amide bonds. The second-order valence-corrected chi connectivity index (χ2v) is 10.0. The van der Waals surface area contributed by atoms with E-state index < -0.39 is 0 Å². The van der Waals surface area contributed by atoms with Gasteiger partial charge in [-0.1, -0.05) is 13.0 Å². The normalized spacial score (nSPS) is 13.8. The summed E-state index contributed by atoms with van der Waals surface area (Å²) in [7, 11) is 2.11. The molecule has 7 nitrogen and oxygen atoms in total. The maximum Gasteiger partial charge on any atom is 0.254 e. The number of aryl methyl sites for hydroxylation is 2. The van der Waals surface area contributed by atoms with E-state index in [1.54, 1.807) is 6.07 Å². The van der Waals surface area contributed by atoms with Crippen molar-refractivity contribution in [1.82, 2.24) is 19.8 Å². The van der Waals surface area contributed by atoms with Crippen LogP contribution in [0.15, 0.2) is 36.7 Å². The molecule has 3 heterocycles. The number of pyridine rings is 2. The number of hydrogen-bond donors (Lipinski definition) is 0. The molecule has 1 atom stereocenters. The summed E-state index contributed by atoms with van der Waals surface area (Å²) in [6.45, 7) is 13.0. The van der Waals surface area contributed by atoms with Gasteiger partial charge >= 0.3 is 0 Å². The lowest BCUT2D eigenvalue weighted by Gasteiger charge is -2.35. The first kappa shape index (κ1) is 27.3. The van der Waals surface area contributed by atoms with Crippen molar-refractivity contribution < 1.29 is 9.53 Å². The Morgan fingerprint density at radius 2 is 1.87 bits per heavy atom. The Bertz CT molecular complexity index is 1380. The number of amides is 1. The monoisotopic (exact) mass is 511 g/mol. The van der Waals surface area contributed by atoms with Gasteiger partial charge in [-0.25, -0.2) is 0 Å². The van der Waals surface area contributed by atoms with Gasteiger partial charge in [0, 0.05) is 48.4 Å². The SMILES string of the molecule is CCOc1cc([C@H](C)N2CCc3c(cc(CCN(C)CC)cc3-c3cc(C)cnc3C)C2=O)ncc1C#N. The Hall–Kier alpha value is -3.76. The van der Waals surface area contributed by atoms with Crippen molar-refractivity contribution in [2.24, 2.45) is 0 Å². The van der Waals surface area contributed by atoms with E-state index in [0.29, 0.717) is 30.2 Å². The van der Waals surface area contributed by atoms with Crippen LogP contribution < -0.4 is 4.74 Å². The molecule has 1 aliphatic rings. The minimum absolute atomic E-state index is 0.00748. The number of fused-ring (bicyclic) bond motifs is 1. The standard InChI is InChI=1S/C31H37N5O2/c1-7-35(6)11-9-23-14-27(26-13-20(3)18-33-21(26)4)25-10-12-36(31(37)28(25)15-23)22(5)29-16-30(38-8-2)24(17-32)19-34-29/h13-16,18-19,22H,7-12H2,1-6H3/t22-/m0/s1. The van der Waals surface area contributed by atoms with Crippen molar-refractivity contribution in [1.29, 1.82) is 5.26 Å². The predicted molar refractivity (Wildman–Crippen MR) is 149 cm³/mol. The van der Waals surface area contributed by atoms with Crippen LogP contribution in [-0.4, -0.2) is 59.0 Å². The second-order valence-electron chi connectivity index (χ2n) is 10.0. The number of carbonyl (C=O) groups is 1. The van der Waals surface area contributed by atoms with Crippen LogP contribution in [0.3, 0.4) is 0 Å². The summed E-state index contributed by atoms with van der Waals surface area (Å²) < 4.78 is 5.67. The molecule has 0 bridgehead atoms. The van der Waals surface area contributed by atoms with Crippen molar-refractivity contribution in [3.63, 3.8) is 0 Å². The number of likely N-dealkylation sites (N-methyl/N-ethyl adjacent to an activating group) is 1. The molecule has 4 rings (SSSR count). The number of benzene rings is 1. The smallest absolute Gasteiger partial charge is 0.254 e. The van der Waals surface area contributed by atoms with E-state index in [1.165, 1.54) is 6.20 Å². The largest absolute Gasteiger partial charge is 0.492 e. The van der Waals surface area contributed by atoms with Gasteiger partial charge in [-0.3, -0.25) is 14.8 Å². The number of nitriles is 1.